The summed E-state index contributed by atoms with van der Waals surface area (Å²) in [5.74, 6) is 1.47. The molecule has 0 atom stereocenters. The van der Waals surface area contributed by atoms with Crippen LogP contribution in [0.4, 0.5) is 4.79 Å². The van der Waals surface area contributed by atoms with Crippen LogP contribution in [0.25, 0.3) is 0 Å². The van der Waals surface area contributed by atoms with Crippen molar-refractivity contribution in [2.24, 2.45) is 0 Å². The van der Waals surface area contributed by atoms with Gasteiger partial charge < -0.3 is 20.1 Å². The summed E-state index contributed by atoms with van der Waals surface area (Å²) < 4.78 is 10.8. The molecule has 1 aromatic rings. The van der Waals surface area contributed by atoms with Crippen molar-refractivity contribution < 1.29 is 14.3 Å². The Balaban J connectivity index is 2.33. The van der Waals surface area contributed by atoms with E-state index in [0.29, 0.717) is 13.2 Å². The Morgan fingerprint density at radius 2 is 1.86 bits per heavy atom. The Bertz CT molecular complexity index is 450. The first kappa shape index (κ1) is 18.1. The standard InChI is InChI=1S/C17H28N2O3/c1-4-6-7-11-18-17(20)19-12-10-14-8-9-15(22-5-2)16(13-14)21-3/h8-9,13H,4-7,10-12H2,1-3H3,(H2,18,19,20). The molecule has 0 aromatic heterocycles. The van der Waals surface area contributed by atoms with Gasteiger partial charge in [-0.1, -0.05) is 25.8 Å². The van der Waals surface area contributed by atoms with Crippen molar-refractivity contribution in [3.05, 3.63) is 23.8 Å². The van der Waals surface area contributed by atoms with Gasteiger partial charge in [0.25, 0.3) is 0 Å². The quantitative estimate of drug-likeness (QED) is 0.653. The molecule has 2 amide bonds. The van der Waals surface area contributed by atoms with Crippen LogP contribution in [0, 0.1) is 0 Å². The fourth-order valence-corrected chi connectivity index (χ4v) is 2.10. The summed E-state index contributed by atoms with van der Waals surface area (Å²) in [6, 6.07) is 5.75. The first-order chi connectivity index (χ1) is 10.7. The molecule has 22 heavy (non-hydrogen) atoms. The van der Waals surface area contributed by atoms with E-state index in [9.17, 15) is 4.79 Å². The second-order valence-electron chi connectivity index (χ2n) is 5.06. The molecular weight excluding hydrogens is 280 g/mol. The van der Waals surface area contributed by atoms with E-state index in [1.54, 1.807) is 7.11 Å². The van der Waals surface area contributed by atoms with Crippen LogP contribution in [0.15, 0.2) is 18.2 Å². The van der Waals surface area contributed by atoms with Gasteiger partial charge in [-0.25, -0.2) is 4.79 Å². The highest BCUT2D eigenvalue weighted by molar-refractivity contribution is 5.73. The van der Waals surface area contributed by atoms with E-state index >= 15 is 0 Å². The third-order valence-electron chi connectivity index (χ3n) is 3.29. The predicted molar refractivity (Wildman–Crippen MR) is 88.8 cm³/mol. The number of nitrogens with one attached hydrogen (secondary N) is 2. The zero-order chi connectivity index (χ0) is 16.2. The van der Waals surface area contributed by atoms with Gasteiger partial charge in [-0.05, 0) is 37.5 Å². The molecule has 0 fully saturated rings. The maximum absolute atomic E-state index is 11.6. The summed E-state index contributed by atoms with van der Waals surface area (Å²) in [6.45, 7) is 6.02. The van der Waals surface area contributed by atoms with Gasteiger partial charge in [0, 0.05) is 13.1 Å². The molecule has 2 N–H and O–H groups in total. The molecule has 5 nitrogen and oxygen atoms in total. The lowest BCUT2D eigenvalue weighted by Gasteiger charge is -2.11. The van der Waals surface area contributed by atoms with Gasteiger partial charge in [0.05, 0.1) is 13.7 Å². The monoisotopic (exact) mass is 308 g/mol. The van der Waals surface area contributed by atoms with Gasteiger partial charge in [0.15, 0.2) is 11.5 Å². The van der Waals surface area contributed by atoms with Crippen molar-refractivity contribution in [2.45, 2.75) is 39.5 Å². The Labute approximate surface area is 133 Å². The first-order valence-corrected chi connectivity index (χ1v) is 8.02. The molecule has 124 valence electrons. The Morgan fingerprint density at radius 1 is 1.09 bits per heavy atom. The first-order valence-electron chi connectivity index (χ1n) is 8.02. The second-order valence-corrected chi connectivity index (χ2v) is 5.06. The summed E-state index contributed by atoms with van der Waals surface area (Å²) in [5.41, 5.74) is 1.10. The number of hydrogen-bond acceptors (Lipinski definition) is 3. The van der Waals surface area contributed by atoms with Gasteiger partial charge in [-0.15, -0.1) is 0 Å². The minimum absolute atomic E-state index is 0.103. The number of rotatable bonds is 10. The molecule has 0 radical (unpaired) electrons. The average molecular weight is 308 g/mol. The third-order valence-corrected chi connectivity index (χ3v) is 3.29. The number of amides is 2. The van der Waals surface area contributed by atoms with Crippen molar-refractivity contribution in [3.8, 4) is 11.5 Å². The predicted octanol–water partition coefficient (Wildman–Crippen LogP) is 3.13. The average Bonchev–Trinajstić information content (AvgIpc) is 2.53. The van der Waals surface area contributed by atoms with Crippen LogP contribution < -0.4 is 20.1 Å². The molecule has 1 aromatic carbocycles. The van der Waals surface area contributed by atoms with E-state index in [2.05, 4.69) is 17.6 Å². The zero-order valence-electron chi connectivity index (χ0n) is 13.9. The molecule has 0 heterocycles. The molecule has 0 aliphatic rings. The number of carbonyl (C=O) groups is 1. The highest BCUT2D eigenvalue weighted by Crippen LogP contribution is 2.28. The van der Waals surface area contributed by atoms with Crippen molar-refractivity contribution in [2.75, 3.05) is 26.8 Å². The highest BCUT2D eigenvalue weighted by atomic mass is 16.5. The Kier molecular flexibility index (Phi) is 8.88. The van der Waals surface area contributed by atoms with Crippen molar-refractivity contribution in [3.63, 3.8) is 0 Å². The molecule has 0 aliphatic heterocycles. The largest absolute Gasteiger partial charge is 0.493 e. The van der Waals surface area contributed by atoms with E-state index in [0.717, 1.165) is 49.3 Å². The number of carbonyl (C=O) groups excluding carboxylic acids is 1. The maximum Gasteiger partial charge on any atom is 0.314 e. The normalized spacial score (nSPS) is 10.1. The number of methoxy groups -OCH3 is 1. The van der Waals surface area contributed by atoms with Crippen LogP contribution in [0.3, 0.4) is 0 Å². The summed E-state index contributed by atoms with van der Waals surface area (Å²) >= 11 is 0. The SMILES string of the molecule is CCCCCNC(=O)NCCc1ccc(OCC)c(OC)c1. The fourth-order valence-electron chi connectivity index (χ4n) is 2.10. The highest BCUT2D eigenvalue weighted by Gasteiger charge is 2.06. The minimum Gasteiger partial charge on any atom is -0.493 e. The molecule has 0 spiro atoms. The van der Waals surface area contributed by atoms with E-state index in [1.807, 2.05) is 25.1 Å². The van der Waals surface area contributed by atoms with Crippen molar-refractivity contribution in [1.82, 2.24) is 10.6 Å². The molecular formula is C17H28N2O3. The maximum atomic E-state index is 11.6. The number of unbranched alkanes of at least 4 members (excludes halogenated alkanes) is 2. The molecule has 0 saturated carbocycles. The topological polar surface area (TPSA) is 59.6 Å². The molecule has 5 heteroatoms. The molecule has 0 saturated heterocycles. The van der Waals surface area contributed by atoms with Gasteiger partial charge in [-0.2, -0.15) is 0 Å². The lowest BCUT2D eigenvalue weighted by atomic mass is 10.1. The number of hydrogen-bond donors (Lipinski definition) is 2. The summed E-state index contributed by atoms with van der Waals surface area (Å²) in [5, 5.41) is 5.72. The third kappa shape index (κ3) is 6.70. The van der Waals surface area contributed by atoms with Crippen LogP contribution in [0.2, 0.25) is 0 Å². The van der Waals surface area contributed by atoms with Gasteiger partial charge in [0.1, 0.15) is 0 Å². The van der Waals surface area contributed by atoms with Gasteiger partial charge >= 0.3 is 6.03 Å². The van der Waals surface area contributed by atoms with E-state index in [-0.39, 0.29) is 6.03 Å². The van der Waals surface area contributed by atoms with Crippen molar-refractivity contribution in [1.29, 1.82) is 0 Å². The summed E-state index contributed by atoms with van der Waals surface area (Å²) in [4.78, 5) is 11.6. The Hall–Kier alpha value is -1.91. The van der Waals surface area contributed by atoms with Gasteiger partial charge in [-0.3, -0.25) is 0 Å². The molecule has 1 rings (SSSR count). The van der Waals surface area contributed by atoms with E-state index in [1.165, 1.54) is 0 Å². The van der Waals surface area contributed by atoms with Crippen LogP contribution in [-0.2, 0) is 6.42 Å². The summed E-state index contributed by atoms with van der Waals surface area (Å²) in [7, 11) is 1.63. The van der Waals surface area contributed by atoms with E-state index in [4.69, 9.17) is 9.47 Å². The van der Waals surface area contributed by atoms with Crippen LogP contribution in [0.1, 0.15) is 38.7 Å². The summed E-state index contributed by atoms with van der Waals surface area (Å²) in [6.07, 6.45) is 4.08. The molecule has 0 unspecified atom stereocenters. The lowest BCUT2D eigenvalue weighted by molar-refractivity contribution is 0.241. The fraction of sp³-hybridized carbons (Fsp3) is 0.588. The van der Waals surface area contributed by atoms with Crippen LogP contribution in [-0.4, -0.2) is 32.8 Å². The minimum atomic E-state index is -0.103. The van der Waals surface area contributed by atoms with Crippen molar-refractivity contribution >= 4 is 6.03 Å². The number of ether oxygens (including phenoxy) is 2. The zero-order valence-corrected chi connectivity index (χ0v) is 13.9. The molecule has 0 aliphatic carbocycles. The van der Waals surface area contributed by atoms with Crippen LogP contribution in [0.5, 0.6) is 11.5 Å². The van der Waals surface area contributed by atoms with Gasteiger partial charge in [0.2, 0.25) is 0 Å². The van der Waals surface area contributed by atoms with Crippen LogP contribution >= 0.6 is 0 Å². The number of benzene rings is 1. The Morgan fingerprint density at radius 3 is 2.55 bits per heavy atom. The second kappa shape index (κ2) is 10.8. The smallest absolute Gasteiger partial charge is 0.314 e. The lowest BCUT2D eigenvalue weighted by Crippen LogP contribution is -2.37. The number of urea groups is 1. The molecule has 0 bridgehead atoms. The van der Waals surface area contributed by atoms with E-state index < -0.39 is 0 Å².